The lowest BCUT2D eigenvalue weighted by Crippen LogP contribution is -2.28. The van der Waals surface area contributed by atoms with E-state index in [-0.39, 0.29) is 11.9 Å². The molecule has 2 rings (SSSR count). The Kier molecular flexibility index (Phi) is 4.00. The smallest absolute Gasteiger partial charge is 0.264 e. The SMILES string of the molecule is Cc1cc(C(=O)n2ccccc2=NC(C)C)c(C)s1. The van der Waals surface area contributed by atoms with Crippen LogP contribution in [0.1, 0.15) is 34.0 Å². The second kappa shape index (κ2) is 5.53. The van der Waals surface area contributed by atoms with Crippen molar-refractivity contribution in [2.75, 3.05) is 0 Å². The summed E-state index contributed by atoms with van der Waals surface area (Å²) >= 11 is 1.65. The van der Waals surface area contributed by atoms with E-state index in [2.05, 4.69) is 4.99 Å². The van der Waals surface area contributed by atoms with Crippen LogP contribution in [0.2, 0.25) is 0 Å². The van der Waals surface area contributed by atoms with E-state index in [1.807, 2.05) is 52.0 Å². The van der Waals surface area contributed by atoms with Gasteiger partial charge in [0.05, 0.1) is 5.56 Å². The van der Waals surface area contributed by atoms with Gasteiger partial charge in [-0.25, -0.2) is 0 Å². The van der Waals surface area contributed by atoms with Crippen molar-refractivity contribution in [3.05, 3.63) is 51.3 Å². The number of aromatic nitrogens is 1. The van der Waals surface area contributed by atoms with Crippen LogP contribution in [0.15, 0.2) is 35.5 Å². The quantitative estimate of drug-likeness (QED) is 0.828. The second-order valence-corrected chi connectivity index (χ2v) is 6.24. The van der Waals surface area contributed by atoms with E-state index in [4.69, 9.17) is 0 Å². The summed E-state index contributed by atoms with van der Waals surface area (Å²) in [6, 6.07) is 7.72. The first-order chi connectivity index (χ1) is 8.99. The third-order valence-electron chi connectivity index (χ3n) is 2.72. The minimum Gasteiger partial charge on any atom is -0.268 e. The van der Waals surface area contributed by atoms with Crippen LogP contribution in [0, 0.1) is 13.8 Å². The molecule has 0 radical (unpaired) electrons. The number of pyridine rings is 1. The van der Waals surface area contributed by atoms with Crippen molar-refractivity contribution in [3.8, 4) is 0 Å². The maximum Gasteiger partial charge on any atom is 0.264 e. The predicted molar refractivity (Wildman–Crippen MR) is 78.7 cm³/mol. The number of nitrogens with zero attached hydrogens (tertiary/aromatic N) is 2. The normalized spacial score (nSPS) is 12.2. The van der Waals surface area contributed by atoms with Gasteiger partial charge in [0, 0.05) is 22.0 Å². The number of aryl methyl sites for hydroxylation is 2. The number of hydrogen-bond donors (Lipinski definition) is 0. The Morgan fingerprint density at radius 2 is 2.05 bits per heavy atom. The first-order valence-corrected chi connectivity index (χ1v) is 7.14. The fraction of sp³-hybridized carbons (Fsp3) is 0.333. The van der Waals surface area contributed by atoms with Crippen LogP contribution < -0.4 is 5.49 Å². The molecule has 0 amide bonds. The van der Waals surface area contributed by atoms with Crippen molar-refractivity contribution >= 4 is 17.2 Å². The van der Waals surface area contributed by atoms with Crippen molar-refractivity contribution < 1.29 is 4.79 Å². The number of carbonyl (C=O) groups is 1. The van der Waals surface area contributed by atoms with Gasteiger partial charge in [-0.3, -0.25) is 14.4 Å². The van der Waals surface area contributed by atoms with Crippen molar-refractivity contribution in [2.45, 2.75) is 33.7 Å². The van der Waals surface area contributed by atoms with Crippen LogP contribution in [-0.4, -0.2) is 16.5 Å². The van der Waals surface area contributed by atoms with Crippen LogP contribution in [0.3, 0.4) is 0 Å². The van der Waals surface area contributed by atoms with Gasteiger partial charge in [0.2, 0.25) is 0 Å². The molecule has 0 aliphatic heterocycles. The molecule has 0 bridgehead atoms. The first kappa shape index (κ1) is 13.7. The van der Waals surface area contributed by atoms with Gasteiger partial charge >= 0.3 is 0 Å². The molecule has 0 unspecified atom stereocenters. The number of rotatable bonds is 2. The zero-order valence-electron chi connectivity index (χ0n) is 11.7. The van der Waals surface area contributed by atoms with Crippen LogP contribution in [0.25, 0.3) is 0 Å². The maximum atomic E-state index is 12.6. The molecule has 0 saturated heterocycles. The average Bonchev–Trinajstić information content (AvgIpc) is 2.67. The monoisotopic (exact) mass is 274 g/mol. The Morgan fingerprint density at radius 1 is 1.32 bits per heavy atom. The van der Waals surface area contributed by atoms with E-state index in [0.29, 0.717) is 5.49 Å². The molecule has 100 valence electrons. The summed E-state index contributed by atoms with van der Waals surface area (Å²) in [4.78, 5) is 19.3. The molecule has 3 nitrogen and oxygen atoms in total. The largest absolute Gasteiger partial charge is 0.268 e. The lowest BCUT2D eigenvalue weighted by atomic mass is 10.2. The summed E-state index contributed by atoms with van der Waals surface area (Å²) < 4.78 is 1.62. The highest BCUT2D eigenvalue weighted by molar-refractivity contribution is 7.12. The Morgan fingerprint density at radius 3 is 2.63 bits per heavy atom. The molecule has 4 heteroatoms. The first-order valence-electron chi connectivity index (χ1n) is 6.32. The van der Waals surface area contributed by atoms with E-state index in [9.17, 15) is 4.79 Å². The third-order valence-corrected chi connectivity index (χ3v) is 3.68. The van der Waals surface area contributed by atoms with Gasteiger partial charge in [0.15, 0.2) is 0 Å². The molecule has 0 aromatic carbocycles. The average molecular weight is 274 g/mol. The van der Waals surface area contributed by atoms with Gasteiger partial charge in [-0.05, 0) is 45.9 Å². The predicted octanol–water partition coefficient (Wildman–Crippen LogP) is 3.16. The van der Waals surface area contributed by atoms with Crippen molar-refractivity contribution in [2.24, 2.45) is 4.99 Å². The highest BCUT2D eigenvalue weighted by atomic mass is 32.1. The zero-order valence-corrected chi connectivity index (χ0v) is 12.5. The van der Waals surface area contributed by atoms with Crippen LogP contribution >= 0.6 is 11.3 Å². The fourth-order valence-corrected chi connectivity index (χ4v) is 2.86. The zero-order chi connectivity index (χ0) is 14.0. The van der Waals surface area contributed by atoms with Gasteiger partial charge < -0.3 is 0 Å². The van der Waals surface area contributed by atoms with Crippen LogP contribution in [0.4, 0.5) is 0 Å². The van der Waals surface area contributed by atoms with Gasteiger partial charge in [-0.2, -0.15) is 0 Å². The minimum absolute atomic E-state index is 0.0122. The van der Waals surface area contributed by atoms with Gasteiger partial charge in [0.25, 0.3) is 5.91 Å². The van der Waals surface area contributed by atoms with Gasteiger partial charge in [-0.1, -0.05) is 6.07 Å². The van der Waals surface area contributed by atoms with Crippen molar-refractivity contribution in [1.29, 1.82) is 0 Å². The summed E-state index contributed by atoms with van der Waals surface area (Å²) in [5.74, 6) is -0.0122. The van der Waals surface area contributed by atoms with Crippen molar-refractivity contribution in [1.82, 2.24) is 4.57 Å². The molecule has 2 aromatic rings. The van der Waals surface area contributed by atoms with Gasteiger partial charge in [-0.15, -0.1) is 11.3 Å². The fourth-order valence-electron chi connectivity index (χ4n) is 1.95. The van der Waals surface area contributed by atoms with E-state index < -0.39 is 0 Å². The topological polar surface area (TPSA) is 34.4 Å². The molecule has 0 fully saturated rings. The van der Waals surface area contributed by atoms with Gasteiger partial charge in [0.1, 0.15) is 5.49 Å². The third kappa shape index (κ3) is 3.01. The Hall–Kier alpha value is -1.68. The minimum atomic E-state index is -0.0122. The van der Waals surface area contributed by atoms with Crippen LogP contribution in [0.5, 0.6) is 0 Å². The molecule has 19 heavy (non-hydrogen) atoms. The van der Waals surface area contributed by atoms with E-state index in [1.54, 1.807) is 22.1 Å². The molecular weight excluding hydrogens is 256 g/mol. The lowest BCUT2D eigenvalue weighted by molar-refractivity contribution is 0.0954. The highest BCUT2D eigenvalue weighted by Gasteiger charge is 2.14. The summed E-state index contributed by atoms with van der Waals surface area (Å²) in [7, 11) is 0. The molecule has 0 N–H and O–H groups in total. The highest BCUT2D eigenvalue weighted by Crippen LogP contribution is 2.21. The summed E-state index contributed by atoms with van der Waals surface area (Å²) in [6.07, 6.45) is 1.77. The second-order valence-electron chi connectivity index (χ2n) is 4.78. The molecular formula is C15H18N2OS. The molecule has 0 aliphatic carbocycles. The number of hydrogen-bond acceptors (Lipinski definition) is 3. The summed E-state index contributed by atoms with van der Waals surface area (Å²) in [6.45, 7) is 8.00. The van der Waals surface area contributed by atoms with E-state index >= 15 is 0 Å². The Bertz CT molecular complexity index is 665. The molecule has 0 spiro atoms. The standard InChI is InChI=1S/C15H18N2OS/c1-10(2)16-14-7-5-6-8-17(14)15(18)13-9-11(3)19-12(13)4/h5-10H,1-4H3. The Balaban J connectivity index is 2.54. The number of carbonyl (C=O) groups excluding carboxylic acids is 1. The summed E-state index contributed by atoms with van der Waals surface area (Å²) in [5, 5.41) is 0. The van der Waals surface area contributed by atoms with Crippen LogP contribution in [-0.2, 0) is 0 Å². The molecule has 2 aromatic heterocycles. The maximum absolute atomic E-state index is 12.6. The van der Waals surface area contributed by atoms with Crippen molar-refractivity contribution in [3.63, 3.8) is 0 Å². The lowest BCUT2D eigenvalue weighted by Gasteiger charge is -2.06. The summed E-state index contributed by atoms with van der Waals surface area (Å²) in [5.41, 5.74) is 1.46. The van der Waals surface area contributed by atoms with E-state index in [0.717, 1.165) is 15.3 Å². The molecule has 0 atom stereocenters. The van der Waals surface area contributed by atoms with E-state index in [1.165, 1.54) is 0 Å². The Labute approximate surface area is 117 Å². The molecule has 0 saturated carbocycles. The number of thiophene rings is 1. The molecule has 0 aliphatic rings. The molecule has 2 heterocycles.